The maximum Gasteiger partial charge on any atom is 0.250 e. The summed E-state index contributed by atoms with van der Waals surface area (Å²) in [5.41, 5.74) is -0.267. The topological polar surface area (TPSA) is 70.0 Å². The summed E-state index contributed by atoms with van der Waals surface area (Å²) in [5, 5.41) is 10.7. The van der Waals surface area contributed by atoms with Gasteiger partial charge in [-0.3, -0.25) is 0 Å². The summed E-state index contributed by atoms with van der Waals surface area (Å²) in [5.74, 6) is 0. The van der Waals surface area contributed by atoms with Gasteiger partial charge < -0.3 is 0 Å². The molecule has 0 radical (unpaired) electrons. The Morgan fingerprint density at radius 3 is 2.65 bits per heavy atom. The third kappa shape index (κ3) is 3.27. The fourth-order valence-corrected chi connectivity index (χ4v) is 4.83. The average molecular weight is 326 g/mol. The van der Waals surface area contributed by atoms with E-state index in [1.165, 1.54) is 12.1 Å². The van der Waals surface area contributed by atoms with Gasteiger partial charge >= 0.3 is 0 Å². The first-order chi connectivity index (χ1) is 9.35. The highest BCUT2D eigenvalue weighted by molar-refractivity contribution is 7.91. The molecule has 7 heteroatoms. The molecule has 1 N–H and O–H groups in total. The molecule has 4 nitrogen and oxygen atoms in total. The Bertz CT molecular complexity index is 722. The minimum absolute atomic E-state index is 0.177. The SMILES string of the molecule is CC(C)(CNS(=O)(=O)c1ccc(C#N)s1)c1cccs1. The molecule has 0 unspecified atom stereocenters. The van der Waals surface area contributed by atoms with Crippen molar-refractivity contribution < 1.29 is 8.42 Å². The summed E-state index contributed by atoms with van der Waals surface area (Å²) in [7, 11) is -3.55. The van der Waals surface area contributed by atoms with Crippen LogP contribution < -0.4 is 4.72 Å². The Kier molecular flexibility index (Phi) is 4.30. The van der Waals surface area contributed by atoms with Crippen molar-refractivity contribution in [1.29, 1.82) is 5.26 Å². The Hall–Kier alpha value is -1.20. The largest absolute Gasteiger partial charge is 0.250 e. The lowest BCUT2D eigenvalue weighted by molar-refractivity contribution is 0.510. The average Bonchev–Trinajstić information content (AvgIpc) is 3.07. The van der Waals surface area contributed by atoms with Crippen LogP contribution in [-0.4, -0.2) is 15.0 Å². The lowest BCUT2D eigenvalue weighted by atomic mass is 9.92. The van der Waals surface area contributed by atoms with Crippen molar-refractivity contribution in [3.8, 4) is 6.07 Å². The maximum absolute atomic E-state index is 12.2. The molecule has 2 heterocycles. The van der Waals surface area contributed by atoms with Crippen LogP contribution in [0.1, 0.15) is 23.6 Å². The molecule has 0 aliphatic heterocycles. The predicted octanol–water partition coefficient (Wildman–Crippen LogP) is 2.94. The van der Waals surface area contributed by atoms with Crippen molar-refractivity contribution in [3.05, 3.63) is 39.4 Å². The van der Waals surface area contributed by atoms with E-state index >= 15 is 0 Å². The maximum atomic E-state index is 12.2. The van der Waals surface area contributed by atoms with Gasteiger partial charge in [0.15, 0.2) is 0 Å². The highest BCUT2D eigenvalue weighted by Crippen LogP contribution is 2.28. The van der Waals surface area contributed by atoms with Gasteiger partial charge in [-0.15, -0.1) is 22.7 Å². The van der Waals surface area contributed by atoms with Gasteiger partial charge in [-0.1, -0.05) is 19.9 Å². The van der Waals surface area contributed by atoms with Crippen LogP contribution in [0.15, 0.2) is 33.9 Å². The number of nitrogens with one attached hydrogen (secondary N) is 1. The number of rotatable bonds is 5. The fraction of sp³-hybridized carbons (Fsp3) is 0.308. The van der Waals surface area contributed by atoms with E-state index in [2.05, 4.69) is 4.72 Å². The van der Waals surface area contributed by atoms with E-state index in [0.29, 0.717) is 11.4 Å². The molecule has 106 valence electrons. The van der Waals surface area contributed by atoms with Gasteiger partial charge in [0.05, 0.1) is 0 Å². The number of thiophene rings is 2. The zero-order valence-electron chi connectivity index (χ0n) is 11.1. The summed E-state index contributed by atoms with van der Waals surface area (Å²) in [6, 6.07) is 8.87. The highest BCUT2D eigenvalue weighted by atomic mass is 32.2. The van der Waals surface area contributed by atoms with Gasteiger partial charge in [0, 0.05) is 16.8 Å². The van der Waals surface area contributed by atoms with Crippen LogP contribution in [-0.2, 0) is 15.4 Å². The number of sulfonamides is 1. The first kappa shape index (κ1) is 15.2. The van der Waals surface area contributed by atoms with Crippen molar-refractivity contribution in [1.82, 2.24) is 4.72 Å². The number of hydrogen-bond acceptors (Lipinski definition) is 5. The molecule has 0 saturated carbocycles. The first-order valence-electron chi connectivity index (χ1n) is 5.89. The first-order valence-corrected chi connectivity index (χ1v) is 9.07. The second-order valence-corrected chi connectivity index (χ2v) is 8.94. The Morgan fingerprint density at radius 2 is 2.10 bits per heavy atom. The van der Waals surface area contributed by atoms with Gasteiger partial charge in [0.1, 0.15) is 15.2 Å². The van der Waals surface area contributed by atoms with Crippen molar-refractivity contribution in [3.63, 3.8) is 0 Å². The molecular weight excluding hydrogens is 312 g/mol. The van der Waals surface area contributed by atoms with Gasteiger partial charge in [-0.05, 0) is 23.6 Å². The van der Waals surface area contributed by atoms with E-state index < -0.39 is 10.0 Å². The van der Waals surface area contributed by atoms with Gasteiger partial charge in [-0.25, -0.2) is 13.1 Å². The Labute approximate surface area is 126 Å². The molecule has 0 fully saturated rings. The molecule has 0 aromatic carbocycles. The van der Waals surface area contributed by atoms with E-state index in [1.54, 1.807) is 11.3 Å². The molecule has 0 bridgehead atoms. The van der Waals surface area contributed by atoms with E-state index in [9.17, 15) is 8.42 Å². The molecule has 0 aliphatic carbocycles. The smallest absolute Gasteiger partial charge is 0.210 e. The number of nitriles is 1. The summed E-state index contributed by atoms with van der Waals surface area (Å²) in [6.45, 7) is 4.31. The standard InChI is InChI=1S/C13H14N2O2S3/c1-13(2,11-4-3-7-18-11)9-15-20(16,17)12-6-5-10(8-14)19-12/h3-7,15H,9H2,1-2H3. The number of hydrogen-bond donors (Lipinski definition) is 1. The minimum atomic E-state index is -3.55. The summed E-state index contributed by atoms with van der Waals surface area (Å²) in [4.78, 5) is 1.52. The van der Waals surface area contributed by atoms with Gasteiger partial charge in [-0.2, -0.15) is 5.26 Å². The van der Waals surface area contributed by atoms with Crippen molar-refractivity contribution >= 4 is 32.7 Å². The van der Waals surface area contributed by atoms with Crippen LogP contribution in [0.3, 0.4) is 0 Å². The summed E-state index contributed by atoms with van der Waals surface area (Å²) >= 11 is 2.59. The molecule has 0 spiro atoms. The number of nitrogens with zero attached hydrogens (tertiary/aromatic N) is 1. The third-order valence-electron chi connectivity index (χ3n) is 2.85. The van der Waals surface area contributed by atoms with Crippen molar-refractivity contribution in [2.24, 2.45) is 0 Å². The summed E-state index contributed by atoms with van der Waals surface area (Å²) < 4.78 is 27.1. The van der Waals surface area contributed by atoms with Crippen LogP contribution in [0.5, 0.6) is 0 Å². The Balaban J connectivity index is 2.12. The van der Waals surface area contributed by atoms with Crippen LogP contribution >= 0.6 is 22.7 Å². The zero-order valence-corrected chi connectivity index (χ0v) is 13.5. The molecule has 0 aliphatic rings. The molecule has 2 rings (SSSR count). The lowest BCUT2D eigenvalue weighted by Gasteiger charge is -2.23. The predicted molar refractivity (Wildman–Crippen MR) is 81.6 cm³/mol. The van der Waals surface area contributed by atoms with Crippen LogP contribution in [0.2, 0.25) is 0 Å². The molecule has 2 aromatic rings. The van der Waals surface area contributed by atoms with E-state index in [0.717, 1.165) is 16.2 Å². The molecule has 0 saturated heterocycles. The Morgan fingerprint density at radius 1 is 1.35 bits per heavy atom. The van der Waals surface area contributed by atoms with Gasteiger partial charge in [0.25, 0.3) is 0 Å². The lowest BCUT2D eigenvalue weighted by Crippen LogP contribution is -2.35. The molecular formula is C13H14N2O2S3. The second-order valence-electron chi connectivity index (χ2n) is 4.92. The van der Waals surface area contributed by atoms with E-state index in [1.807, 2.05) is 37.4 Å². The van der Waals surface area contributed by atoms with E-state index in [4.69, 9.17) is 5.26 Å². The molecule has 0 amide bonds. The molecule has 0 atom stereocenters. The fourth-order valence-electron chi connectivity index (χ4n) is 1.62. The molecule has 2 aromatic heterocycles. The summed E-state index contributed by atoms with van der Waals surface area (Å²) in [6.07, 6.45) is 0. The van der Waals surface area contributed by atoms with Crippen LogP contribution in [0.4, 0.5) is 0 Å². The quantitative estimate of drug-likeness (QED) is 0.918. The van der Waals surface area contributed by atoms with Crippen LogP contribution in [0, 0.1) is 11.3 Å². The van der Waals surface area contributed by atoms with E-state index in [-0.39, 0.29) is 9.62 Å². The monoisotopic (exact) mass is 326 g/mol. The normalized spacial score (nSPS) is 12.2. The van der Waals surface area contributed by atoms with Gasteiger partial charge in [0.2, 0.25) is 10.0 Å². The highest BCUT2D eigenvalue weighted by Gasteiger charge is 2.25. The van der Waals surface area contributed by atoms with Crippen molar-refractivity contribution in [2.45, 2.75) is 23.5 Å². The third-order valence-corrected chi connectivity index (χ3v) is 6.97. The van der Waals surface area contributed by atoms with Crippen molar-refractivity contribution in [2.75, 3.05) is 6.54 Å². The minimum Gasteiger partial charge on any atom is -0.210 e. The van der Waals surface area contributed by atoms with Crippen LogP contribution in [0.25, 0.3) is 0 Å². The molecule has 20 heavy (non-hydrogen) atoms. The zero-order chi connectivity index (χ0) is 14.8. The second kappa shape index (κ2) is 5.66.